The Morgan fingerprint density at radius 3 is 2.52 bits per heavy atom. The first-order valence-corrected chi connectivity index (χ1v) is 8.22. The van der Waals surface area contributed by atoms with Crippen LogP contribution in [0.1, 0.15) is 51.0 Å². The van der Waals surface area contributed by atoms with Crippen LogP contribution in [-0.4, -0.2) is 19.7 Å². The summed E-state index contributed by atoms with van der Waals surface area (Å²) in [4.78, 5) is 4.58. The molecule has 1 atom stereocenters. The van der Waals surface area contributed by atoms with Gasteiger partial charge >= 0.3 is 0 Å². The third-order valence-corrected chi connectivity index (χ3v) is 3.62. The molecule has 0 saturated heterocycles. The van der Waals surface area contributed by atoms with Gasteiger partial charge in [0.2, 0.25) is 0 Å². The first kappa shape index (κ1) is 18.8. The molecule has 0 radical (unpaired) electrons. The quantitative estimate of drug-likeness (QED) is 0.872. The van der Waals surface area contributed by atoms with Gasteiger partial charge in [-0.05, 0) is 30.7 Å². The van der Waals surface area contributed by atoms with Crippen molar-refractivity contribution in [3.05, 3.63) is 52.2 Å². The monoisotopic (exact) mass is 312 g/mol. The average molecular weight is 312 g/mol. The molecule has 0 saturated carbocycles. The third-order valence-electron chi connectivity index (χ3n) is 3.62. The number of aromatic nitrogens is 4. The fourth-order valence-electron chi connectivity index (χ4n) is 2.11. The smallest absolute Gasteiger partial charge is 0.139 e. The van der Waals surface area contributed by atoms with Crippen LogP contribution in [0.5, 0.6) is 0 Å². The number of nitrogens with zero attached hydrogens (tertiary/aromatic N) is 4. The van der Waals surface area contributed by atoms with Gasteiger partial charge in [0.15, 0.2) is 0 Å². The van der Waals surface area contributed by atoms with Gasteiger partial charge in [-0.2, -0.15) is 0 Å². The molecule has 0 bridgehead atoms. The Morgan fingerprint density at radius 1 is 1.26 bits per heavy atom. The lowest BCUT2D eigenvalue weighted by atomic mass is 10.1. The van der Waals surface area contributed by atoms with Crippen LogP contribution in [0, 0.1) is 6.92 Å². The third kappa shape index (κ3) is 4.88. The van der Waals surface area contributed by atoms with Gasteiger partial charge < -0.3 is 4.57 Å². The summed E-state index contributed by atoms with van der Waals surface area (Å²) in [5, 5.41) is 10.2. The molecule has 2 rings (SSSR count). The summed E-state index contributed by atoms with van der Waals surface area (Å²) in [6.45, 7) is 14.2. The van der Waals surface area contributed by atoms with Crippen LogP contribution in [0.4, 0.5) is 0 Å². The number of hydrogen-bond donors (Lipinski definition) is 0. The van der Waals surface area contributed by atoms with Crippen molar-refractivity contribution in [1.82, 2.24) is 19.7 Å². The Hall–Kier alpha value is -2.23. The van der Waals surface area contributed by atoms with Crippen LogP contribution < -0.4 is 10.6 Å². The lowest BCUT2D eigenvalue weighted by Gasteiger charge is -2.05. The van der Waals surface area contributed by atoms with Gasteiger partial charge in [0.05, 0.1) is 5.35 Å². The Morgan fingerprint density at radius 2 is 1.96 bits per heavy atom. The highest BCUT2D eigenvalue weighted by Gasteiger charge is 2.09. The molecule has 124 valence electrons. The molecule has 2 heterocycles. The van der Waals surface area contributed by atoms with Gasteiger partial charge in [-0.1, -0.05) is 52.5 Å². The molecule has 23 heavy (non-hydrogen) atoms. The minimum Gasteiger partial charge on any atom is -0.318 e. The number of aryl methyl sites for hydroxylation is 2. The molecule has 0 amide bonds. The van der Waals surface area contributed by atoms with E-state index < -0.39 is 0 Å². The number of pyridine rings is 1. The van der Waals surface area contributed by atoms with Gasteiger partial charge in [0, 0.05) is 18.7 Å². The summed E-state index contributed by atoms with van der Waals surface area (Å²) in [5.41, 5.74) is 1.08. The molecule has 0 aliphatic heterocycles. The van der Waals surface area contributed by atoms with E-state index in [-0.39, 0.29) is 5.92 Å². The summed E-state index contributed by atoms with van der Waals surface area (Å²) in [7, 11) is 1.99. The molecule has 0 aliphatic rings. The van der Waals surface area contributed by atoms with Crippen LogP contribution in [0.2, 0.25) is 0 Å². The second-order valence-corrected chi connectivity index (χ2v) is 5.21. The van der Waals surface area contributed by atoms with E-state index in [1.54, 1.807) is 0 Å². The fourth-order valence-corrected chi connectivity index (χ4v) is 2.11. The molecule has 4 nitrogen and oxygen atoms in total. The maximum atomic E-state index is 4.58. The van der Waals surface area contributed by atoms with E-state index >= 15 is 0 Å². The minimum absolute atomic E-state index is 0.204. The zero-order valence-corrected chi connectivity index (χ0v) is 15.2. The second kappa shape index (κ2) is 9.03. The minimum atomic E-state index is 0.204. The summed E-state index contributed by atoms with van der Waals surface area (Å²) < 4.78 is 2.01. The van der Waals surface area contributed by atoms with Crippen molar-refractivity contribution in [2.24, 2.45) is 7.05 Å². The van der Waals surface area contributed by atoms with Crippen molar-refractivity contribution >= 4 is 12.7 Å². The highest BCUT2D eigenvalue weighted by Crippen LogP contribution is 2.13. The first-order valence-electron chi connectivity index (χ1n) is 8.22. The average Bonchev–Trinajstić information content (AvgIpc) is 2.90. The maximum absolute atomic E-state index is 4.58. The predicted octanol–water partition coefficient (Wildman–Crippen LogP) is 2.66. The molecule has 0 aliphatic carbocycles. The van der Waals surface area contributed by atoms with Crippen molar-refractivity contribution in [2.45, 2.75) is 47.0 Å². The fraction of sp³-hybridized carbons (Fsp3) is 0.421. The Labute approximate surface area is 139 Å². The van der Waals surface area contributed by atoms with Crippen LogP contribution in [0.3, 0.4) is 0 Å². The SMILES string of the molecule is C=c1ccc(CC)n/c1=C/C=C\C(C)c1nnc(C)n1C.CC. The van der Waals surface area contributed by atoms with Crippen molar-refractivity contribution in [3.8, 4) is 0 Å². The standard InChI is InChI=1S/C17H22N4.C2H6/c1-6-15-11-10-12(2)16(18-15)9-7-8-13(3)17-20-19-14(4)21(17)5;1-2/h7-11,13H,2,6H2,1,3-5H3;1-2H3/b8-7-,16-9+;. The number of allylic oxidation sites excluding steroid dienone is 2. The Kier molecular flexibility index (Phi) is 7.39. The normalized spacial score (nSPS) is 13.0. The molecular weight excluding hydrogens is 284 g/mol. The summed E-state index contributed by atoms with van der Waals surface area (Å²) in [5.74, 6) is 2.09. The van der Waals surface area contributed by atoms with E-state index in [9.17, 15) is 0 Å². The first-order chi connectivity index (χ1) is 11.0. The molecule has 2 aromatic rings. The zero-order valence-electron chi connectivity index (χ0n) is 15.2. The lowest BCUT2D eigenvalue weighted by molar-refractivity contribution is 0.740. The molecular formula is C19H28N4. The lowest BCUT2D eigenvalue weighted by Crippen LogP contribution is -2.27. The van der Waals surface area contributed by atoms with Gasteiger partial charge in [-0.25, -0.2) is 0 Å². The summed E-state index contributed by atoms with van der Waals surface area (Å²) in [6, 6.07) is 4.04. The van der Waals surface area contributed by atoms with Crippen molar-refractivity contribution in [2.75, 3.05) is 0 Å². The summed E-state index contributed by atoms with van der Waals surface area (Å²) >= 11 is 0. The van der Waals surface area contributed by atoms with E-state index in [1.165, 1.54) is 0 Å². The highest BCUT2D eigenvalue weighted by atomic mass is 15.3. The van der Waals surface area contributed by atoms with Gasteiger partial charge in [-0.3, -0.25) is 4.98 Å². The van der Waals surface area contributed by atoms with E-state index in [0.717, 1.165) is 34.3 Å². The maximum Gasteiger partial charge on any atom is 0.139 e. The van der Waals surface area contributed by atoms with E-state index in [2.05, 4.69) is 41.7 Å². The molecule has 4 heteroatoms. The van der Waals surface area contributed by atoms with Gasteiger partial charge in [0.25, 0.3) is 0 Å². The molecule has 2 aromatic heterocycles. The van der Waals surface area contributed by atoms with Crippen molar-refractivity contribution in [1.29, 1.82) is 0 Å². The predicted molar refractivity (Wildman–Crippen MR) is 97.5 cm³/mol. The van der Waals surface area contributed by atoms with E-state index in [0.29, 0.717) is 0 Å². The van der Waals surface area contributed by atoms with Crippen LogP contribution in [0.25, 0.3) is 12.7 Å². The molecule has 0 fully saturated rings. The van der Waals surface area contributed by atoms with E-state index in [4.69, 9.17) is 0 Å². The van der Waals surface area contributed by atoms with E-state index in [1.807, 2.05) is 56.7 Å². The molecule has 0 N–H and O–H groups in total. The molecule has 0 spiro atoms. The van der Waals surface area contributed by atoms with Crippen molar-refractivity contribution < 1.29 is 0 Å². The number of hydrogen-bond acceptors (Lipinski definition) is 3. The summed E-state index contributed by atoms with van der Waals surface area (Å²) in [6.07, 6.45) is 7.05. The zero-order chi connectivity index (χ0) is 17.4. The Balaban J connectivity index is 0.00000127. The van der Waals surface area contributed by atoms with Gasteiger partial charge in [0.1, 0.15) is 11.6 Å². The van der Waals surface area contributed by atoms with Crippen molar-refractivity contribution in [3.63, 3.8) is 0 Å². The Bertz CT molecular complexity index is 756. The van der Waals surface area contributed by atoms with Crippen LogP contribution >= 0.6 is 0 Å². The van der Waals surface area contributed by atoms with Crippen LogP contribution in [-0.2, 0) is 13.5 Å². The molecule has 0 aromatic carbocycles. The molecule has 1 unspecified atom stereocenters. The van der Waals surface area contributed by atoms with Crippen LogP contribution in [0.15, 0.2) is 24.3 Å². The van der Waals surface area contributed by atoms with Gasteiger partial charge in [-0.15, -0.1) is 10.2 Å². The largest absolute Gasteiger partial charge is 0.318 e. The highest BCUT2D eigenvalue weighted by molar-refractivity contribution is 5.36. The second-order valence-electron chi connectivity index (χ2n) is 5.21. The number of rotatable bonds is 4. The topological polar surface area (TPSA) is 43.6 Å².